The van der Waals surface area contributed by atoms with Crippen LogP contribution in [0.15, 0.2) is 62.2 Å². The fourth-order valence-corrected chi connectivity index (χ4v) is 3.50. The molecule has 1 heterocycles. The number of benzene rings is 1. The third kappa shape index (κ3) is 4.45. The summed E-state index contributed by atoms with van der Waals surface area (Å²) in [5.74, 6) is 1.52. The van der Waals surface area contributed by atoms with E-state index in [0.717, 1.165) is 42.9 Å². The molecule has 0 unspecified atom stereocenters. The minimum absolute atomic E-state index is 0.267. The molecule has 0 spiro atoms. The summed E-state index contributed by atoms with van der Waals surface area (Å²) >= 11 is 5.16. The molecule has 4 nitrogen and oxygen atoms in total. The number of fused-ring (bicyclic) bond motifs is 1. The average Bonchev–Trinajstić information content (AvgIpc) is 2.99. The average molecular weight is 409 g/mol. The molecule has 0 bridgehead atoms. The van der Waals surface area contributed by atoms with Crippen molar-refractivity contribution >= 4 is 32.7 Å². The summed E-state index contributed by atoms with van der Waals surface area (Å²) in [6, 6.07) is 3.90. The van der Waals surface area contributed by atoms with E-state index < -0.39 is 0 Å². The normalized spacial score (nSPS) is 15.2. The van der Waals surface area contributed by atoms with Crippen LogP contribution in [0.1, 0.15) is 20.8 Å². The molecular weight excluding hydrogens is 388 g/mol. The first-order valence-corrected chi connectivity index (χ1v) is 9.07. The van der Waals surface area contributed by atoms with E-state index in [4.69, 9.17) is 14.5 Å². The fraction of sp³-hybridized carbons (Fsp3) is 0.278. The van der Waals surface area contributed by atoms with Gasteiger partial charge in [-0.15, -0.1) is 0 Å². The van der Waals surface area contributed by atoms with E-state index in [1.54, 1.807) is 17.8 Å². The van der Waals surface area contributed by atoms with Crippen molar-refractivity contribution in [2.45, 2.75) is 25.7 Å². The van der Waals surface area contributed by atoms with Crippen LogP contribution in [0, 0.1) is 0 Å². The SMILES string of the molecule is C=C/C=C(C)\C(N=C(C)Sc1cc2c(cc1Br)OCO2)=C(/C)NC. The van der Waals surface area contributed by atoms with Crippen molar-refractivity contribution in [1.82, 2.24) is 5.32 Å². The standard InChI is InChI=1S/C18H21BrN2O2S/c1-6-7-11(2)18(12(3)20-5)21-13(4)24-17-9-16-15(8-14(17)19)22-10-23-16/h6-9,20H,1,10H2,2-5H3/b11-7-,18-12-,21-13?. The van der Waals surface area contributed by atoms with E-state index in [1.165, 1.54) is 0 Å². The molecule has 6 heteroatoms. The number of ether oxygens (including phenoxy) is 2. The van der Waals surface area contributed by atoms with Crippen LogP contribution in [0.4, 0.5) is 0 Å². The molecule has 1 aliphatic heterocycles. The molecule has 1 aromatic carbocycles. The zero-order valence-electron chi connectivity index (χ0n) is 14.3. The molecular formula is C18H21BrN2O2S. The van der Waals surface area contributed by atoms with Gasteiger partial charge in [0.15, 0.2) is 11.5 Å². The molecule has 0 fully saturated rings. The van der Waals surface area contributed by atoms with E-state index in [2.05, 4.69) is 27.8 Å². The second kappa shape index (κ2) is 8.44. The number of nitrogens with zero attached hydrogens (tertiary/aromatic N) is 1. The van der Waals surface area contributed by atoms with E-state index in [0.29, 0.717) is 0 Å². The third-order valence-electron chi connectivity index (χ3n) is 3.43. The van der Waals surface area contributed by atoms with Gasteiger partial charge in [0.25, 0.3) is 0 Å². The van der Waals surface area contributed by atoms with Gasteiger partial charge in [0.1, 0.15) is 0 Å². The number of rotatable bonds is 5. The van der Waals surface area contributed by atoms with Crippen molar-refractivity contribution in [3.8, 4) is 11.5 Å². The first-order chi connectivity index (χ1) is 11.5. The molecule has 0 aliphatic carbocycles. The predicted molar refractivity (Wildman–Crippen MR) is 105 cm³/mol. The molecule has 0 aromatic heterocycles. The van der Waals surface area contributed by atoms with Gasteiger partial charge >= 0.3 is 0 Å². The van der Waals surface area contributed by atoms with Gasteiger partial charge in [-0.3, -0.25) is 0 Å². The first-order valence-electron chi connectivity index (χ1n) is 7.46. The molecule has 1 N–H and O–H groups in total. The van der Waals surface area contributed by atoms with Gasteiger partial charge in [-0.05, 0) is 54.4 Å². The van der Waals surface area contributed by atoms with Gasteiger partial charge in [0, 0.05) is 22.1 Å². The highest BCUT2D eigenvalue weighted by Gasteiger charge is 2.17. The van der Waals surface area contributed by atoms with Crippen molar-refractivity contribution < 1.29 is 9.47 Å². The minimum Gasteiger partial charge on any atom is -0.454 e. The summed E-state index contributed by atoms with van der Waals surface area (Å²) in [6.07, 6.45) is 3.72. The van der Waals surface area contributed by atoms with Gasteiger partial charge in [0.2, 0.25) is 6.79 Å². The Morgan fingerprint density at radius 1 is 1.29 bits per heavy atom. The van der Waals surface area contributed by atoms with Crippen molar-refractivity contribution in [3.05, 3.63) is 52.3 Å². The minimum atomic E-state index is 0.267. The van der Waals surface area contributed by atoms with E-state index in [-0.39, 0.29) is 6.79 Å². The van der Waals surface area contributed by atoms with Crippen molar-refractivity contribution in [2.75, 3.05) is 13.8 Å². The lowest BCUT2D eigenvalue weighted by Gasteiger charge is -2.11. The van der Waals surface area contributed by atoms with Gasteiger partial charge < -0.3 is 14.8 Å². The fourth-order valence-electron chi connectivity index (χ4n) is 2.16. The maximum atomic E-state index is 5.45. The molecule has 2 rings (SSSR count). The Hall–Kier alpha value is -1.66. The Bertz CT molecular complexity index is 739. The second-order valence-electron chi connectivity index (χ2n) is 5.18. The molecule has 0 saturated carbocycles. The number of aliphatic imine (C=N–C) groups is 1. The van der Waals surface area contributed by atoms with Crippen LogP contribution in [0.25, 0.3) is 0 Å². The van der Waals surface area contributed by atoms with Gasteiger partial charge in [-0.2, -0.15) is 0 Å². The zero-order chi connectivity index (χ0) is 17.7. The van der Waals surface area contributed by atoms with Crippen LogP contribution in [0.5, 0.6) is 11.5 Å². The Morgan fingerprint density at radius 3 is 2.58 bits per heavy atom. The summed E-state index contributed by atoms with van der Waals surface area (Å²) in [7, 11) is 1.89. The number of hydrogen-bond donors (Lipinski definition) is 1. The van der Waals surface area contributed by atoms with Crippen LogP contribution in [0.3, 0.4) is 0 Å². The van der Waals surface area contributed by atoms with Crippen LogP contribution < -0.4 is 14.8 Å². The maximum absolute atomic E-state index is 5.45. The van der Waals surface area contributed by atoms with E-state index >= 15 is 0 Å². The molecule has 1 aliphatic rings. The second-order valence-corrected chi connectivity index (χ2v) is 7.27. The van der Waals surface area contributed by atoms with Crippen LogP contribution in [0.2, 0.25) is 0 Å². The molecule has 0 saturated heterocycles. The van der Waals surface area contributed by atoms with E-state index in [9.17, 15) is 0 Å². The summed E-state index contributed by atoms with van der Waals surface area (Å²) in [5.41, 5.74) is 2.98. The largest absolute Gasteiger partial charge is 0.454 e. The quantitative estimate of drug-likeness (QED) is 0.311. The predicted octanol–water partition coefficient (Wildman–Crippen LogP) is 5.27. The molecule has 0 radical (unpaired) electrons. The smallest absolute Gasteiger partial charge is 0.231 e. The van der Waals surface area contributed by atoms with Crippen LogP contribution in [-0.2, 0) is 0 Å². The first kappa shape index (κ1) is 18.7. The number of hydrogen-bond acceptors (Lipinski definition) is 5. The summed E-state index contributed by atoms with van der Waals surface area (Å²) in [5, 5.41) is 4.09. The topological polar surface area (TPSA) is 42.9 Å². The Morgan fingerprint density at radius 2 is 1.96 bits per heavy atom. The Labute approximate surface area is 155 Å². The number of halogens is 1. The summed E-state index contributed by atoms with van der Waals surface area (Å²) in [6.45, 7) is 10.0. The lowest BCUT2D eigenvalue weighted by Crippen LogP contribution is -2.06. The lowest BCUT2D eigenvalue weighted by molar-refractivity contribution is 0.174. The summed E-state index contributed by atoms with van der Waals surface area (Å²) in [4.78, 5) is 5.82. The highest BCUT2D eigenvalue weighted by Crippen LogP contribution is 2.41. The molecule has 128 valence electrons. The zero-order valence-corrected chi connectivity index (χ0v) is 16.7. The van der Waals surface area contributed by atoms with Crippen LogP contribution in [-0.4, -0.2) is 18.9 Å². The van der Waals surface area contributed by atoms with Gasteiger partial charge in [-0.1, -0.05) is 30.5 Å². The van der Waals surface area contributed by atoms with Crippen molar-refractivity contribution in [1.29, 1.82) is 0 Å². The highest BCUT2D eigenvalue weighted by molar-refractivity contribution is 9.10. The Kier molecular flexibility index (Phi) is 6.57. The molecule has 0 atom stereocenters. The molecule has 0 amide bonds. The third-order valence-corrected chi connectivity index (χ3v) is 5.29. The number of nitrogens with one attached hydrogen (secondary N) is 1. The highest BCUT2D eigenvalue weighted by atomic mass is 79.9. The number of thioether (sulfide) groups is 1. The van der Waals surface area contributed by atoms with Crippen LogP contribution >= 0.6 is 27.7 Å². The maximum Gasteiger partial charge on any atom is 0.231 e. The Balaban J connectivity index is 2.30. The van der Waals surface area contributed by atoms with Gasteiger partial charge in [-0.25, -0.2) is 4.99 Å². The van der Waals surface area contributed by atoms with Gasteiger partial charge in [0.05, 0.1) is 10.7 Å². The van der Waals surface area contributed by atoms with Crippen molar-refractivity contribution in [3.63, 3.8) is 0 Å². The lowest BCUT2D eigenvalue weighted by atomic mass is 10.1. The number of allylic oxidation sites excluding steroid dienone is 4. The van der Waals surface area contributed by atoms with E-state index in [1.807, 2.05) is 46.0 Å². The molecule has 24 heavy (non-hydrogen) atoms. The summed E-state index contributed by atoms with van der Waals surface area (Å²) < 4.78 is 11.8. The van der Waals surface area contributed by atoms with Crippen molar-refractivity contribution in [2.24, 2.45) is 4.99 Å². The molecule has 1 aromatic rings. The monoisotopic (exact) mass is 408 g/mol.